The van der Waals surface area contributed by atoms with Gasteiger partial charge in [-0.1, -0.05) is 28.1 Å². The van der Waals surface area contributed by atoms with E-state index in [2.05, 4.69) is 15.9 Å². The van der Waals surface area contributed by atoms with E-state index < -0.39 is 0 Å². The van der Waals surface area contributed by atoms with E-state index in [1.807, 2.05) is 42.5 Å². The van der Waals surface area contributed by atoms with Crippen molar-refractivity contribution in [3.8, 4) is 11.5 Å². The number of benzene rings is 2. The monoisotopic (exact) mass is 307 g/mol. The van der Waals surface area contributed by atoms with Crippen molar-refractivity contribution in [1.82, 2.24) is 0 Å². The smallest absolute Gasteiger partial charge is 0.142 e. The van der Waals surface area contributed by atoms with Crippen molar-refractivity contribution < 1.29 is 9.47 Å². The molecule has 0 aliphatic carbocycles. The molecule has 0 saturated carbocycles. The first-order valence-electron chi connectivity index (χ1n) is 5.50. The van der Waals surface area contributed by atoms with Gasteiger partial charge in [-0.3, -0.25) is 0 Å². The van der Waals surface area contributed by atoms with Crippen LogP contribution in [0.15, 0.2) is 46.9 Å². The molecule has 0 unspecified atom stereocenters. The molecule has 4 heteroatoms. The van der Waals surface area contributed by atoms with Gasteiger partial charge in [0.2, 0.25) is 0 Å². The zero-order valence-electron chi connectivity index (χ0n) is 10.0. The summed E-state index contributed by atoms with van der Waals surface area (Å²) in [6.45, 7) is 0.482. The van der Waals surface area contributed by atoms with Crippen molar-refractivity contribution in [3.63, 3.8) is 0 Å². The first kappa shape index (κ1) is 12.8. The Kier molecular flexibility index (Phi) is 4.10. The molecule has 0 fully saturated rings. The molecule has 2 rings (SSSR count). The van der Waals surface area contributed by atoms with Gasteiger partial charge in [-0.2, -0.15) is 0 Å². The van der Waals surface area contributed by atoms with E-state index in [0.717, 1.165) is 15.8 Å². The fraction of sp³-hybridized carbons (Fsp3) is 0.143. The number of methoxy groups -OCH3 is 1. The minimum absolute atomic E-state index is 0.482. The summed E-state index contributed by atoms with van der Waals surface area (Å²) in [6.07, 6.45) is 0. The molecule has 0 aliphatic heterocycles. The quantitative estimate of drug-likeness (QED) is 0.877. The summed E-state index contributed by atoms with van der Waals surface area (Å²) in [7, 11) is 1.65. The van der Waals surface area contributed by atoms with E-state index in [1.165, 1.54) is 0 Å². The molecule has 0 aliphatic rings. The number of hydrogen-bond acceptors (Lipinski definition) is 3. The van der Waals surface area contributed by atoms with Gasteiger partial charge in [-0.25, -0.2) is 0 Å². The highest BCUT2D eigenvalue weighted by Gasteiger charge is 2.01. The van der Waals surface area contributed by atoms with Gasteiger partial charge in [0.25, 0.3) is 0 Å². The van der Waals surface area contributed by atoms with Gasteiger partial charge in [0.05, 0.1) is 12.8 Å². The molecule has 2 aromatic rings. The van der Waals surface area contributed by atoms with E-state index in [9.17, 15) is 0 Å². The molecule has 2 N–H and O–H groups in total. The average Bonchev–Trinajstić information content (AvgIpc) is 2.38. The molecule has 0 radical (unpaired) electrons. The van der Waals surface area contributed by atoms with Crippen molar-refractivity contribution in [2.45, 2.75) is 6.61 Å². The predicted octanol–water partition coefficient (Wildman–Crippen LogP) is 3.62. The Morgan fingerprint density at radius 1 is 1.11 bits per heavy atom. The van der Waals surface area contributed by atoms with Crippen molar-refractivity contribution in [2.24, 2.45) is 0 Å². The number of hydrogen-bond donors (Lipinski definition) is 1. The number of rotatable bonds is 4. The predicted molar refractivity (Wildman–Crippen MR) is 75.9 cm³/mol. The molecular formula is C14H14BrNO2. The van der Waals surface area contributed by atoms with Crippen LogP contribution in [0.1, 0.15) is 5.56 Å². The van der Waals surface area contributed by atoms with Crippen molar-refractivity contribution in [1.29, 1.82) is 0 Å². The van der Waals surface area contributed by atoms with Crippen LogP contribution in [0.4, 0.5) is 5.69 Å². The Morgan fingerprint density at radius 2 is 1.83 bits per heavy atom. The average molecular weight is 308 g/mol. The lowest BCUT2D eigenvalue weighted by atomic mass is 10.2. The number of anilines is 1. The number of ether oxygens (including phenoxy) is 2. The molecular weight excluding hydrogens is 294 g/mol. The third-order valence-corrected chi connectivity index (χ3v) is 3.02. The summed E-state index contributed by atoms with van der Waals surface area (Å²) >= 11 is 3.36. The lowest BCUT2D eigenvalue weighted by molar-refractivity contribution is 0.307. The molecule has 0 amide bonds. The Balaban J connectivity index is 2.02. The topological polar surface area (TPSA) is 44.5 Å². The molecule has 0 atom stereocenters. The Morgan fingerprint density at radius 3 is 2.44 bits per heavy atom. The van der Waals surface area contributed by atoms with Crippen LogP contribution in [0, 0.1) is 0 Å². The fourth-order valence-electron chi connectivity index (χ4n) is 1.53. The molecule has 3 nitrogen and oxygen atoms in total. The molecule has 0 bridgehead atoms. The maximum absolute atomic E-state index is 5.86. The van der Waals surface area contributed by atoms with Gasteiger partial charge in [0.15, 0.2) is 0 Å². The minimum Gasteiger partial charge on any atom is -0.497 e. The van der Waals surface area contributed by atoms with Crippen LogP contribution in [0.5, 0.6) is 11.5 Å². The lowest BCUT2D eigenvalue weighted by Crippen LogP contribution is -1.98. The third-order valence-electron chi connectivity index (χ3n) is 2.53. The number of nitrogens with two attached hydrogens (primary N) is 1. The van der Waals surface area contributed by atoms with Crippen LogP contribution in [-0.2, 0) is 6.61 Å². The van der Waals surface area contributed by atoms with E-state index in [-0.39, 0.29) is 0 Å². The van der Waals surface area contributed by atoms with E-state index in [0.29, 0.717) is 18.0 Å². The van der Waals surface area contributed by atoms with Crippen molar-refractivity contribution in [3.05, 3.63) is 52.5 Å². The van der Waals surface area contributed by atoms with Gasteiger partial charge in [-0.05, 0) is 35.9 Å². The molecule has 0 heterocycles. The Hall–Kier alpha value is -1.68. The zero-order chi connectivity index (χ0) is 13.0. The standard InChI is InChI=1S/C14H14BrNO2/c1-17-12-5-2-10(3-6-12)9-18-14-7-4-11(15)8-13(14)16/h2-8H,9,16H2,1H3. The first-order valence-corrected chi connectivity index (χ1v) is 6.29. The zero-order valence-corrected chi connectivity index (χ0v) is 11.6. The molecule has 18 heavy (non-hydrogen) atoms. The molecule has 0 saturated heterocycles. The SMILES string of the molecule is COc1ccc(COc2ccc(Br)cc2N)cc1. The highest BCUT2D eigenvalue weighted by atomic mass is 79.9. The lowest BCUT2D eigenvalue weighted by Gasteiger charge is -2.09. The number of nitrogen functional groups attached to an aromatic ring is 1. The summed E-state index contributed by atoms with van der Waals surface area (Å²) in [4.78, 5) is 0. The van der Waals surface area contributed by atoms with Gasteiger partial charge in [-0.15, -0.1) is 0 Å². The summed E-state index contributed by atoms with van der Waals surface area (Å²) in [5, 5.41) is 0. The fourth-order valence-corrected chi connectivity index (χ4v) is 1.91. The maximum Gasteiger partial charge on any atom is 0.142 e. The minimum atomic E-state index is 0.482. The van der Waals surface area contributed by atoms with Crippen LogP contribution in [0.25, 0.3) is 0 Å². The Bertz CT molecular complexity index is 526. The van der Waals surface area contributed by atoms with Crippen LogP contribution in [-0.4, -0.2) is 7.11 Å². The van der Waals surface area contributed by atoms with Gasteiger partial charge < -0.3 is 15.2 Å². The number of halogens is 1. The van der Waals surface area contributed by atoms with Gasteiger partial charge in [0.1, 0.15) is 18.1 Å². The van der Waals surface area contributed by atoms with E-state index >= 15 is 0 Å². The van der Waals surface area contributed by atoms with Crippen molar-refractivity contribution in [2.75, 3.05) is 12.8 Å². The van der Waals surface area contributed by atoms with E-state index in [1.54, 1.807) is 7.11 Å². The second kappa shape index (κ2) is 5.78. The second-order valence-corrected chi connectivity index (χ2v) is 4.73. The normalized spacial score (nSPS) is 10.1. The first-order chi connectivity index (χ1) is 8.69. The maximum atomic E-state index is 5.86. The van der Waals surface area contributed by atoms with Crippen LogP contribution >= 0.6 is 15.9 Å². The summed E-state index contributed by atoms with van der Waals surface area (Å²) in [5.41, 5.74) is 7.55. The highest BCUT2D eigenvalue weighted by molar-refractivity contribution is 9.10. The molecule has 0 aromatic heterocycles. The molecule has 2 aromatic carbocycles. The summed E-state index contributed by atoms with van der Waals surface area (Å²) in [5.74, 6) is 1.52. The molecule has 0 spiro atoms. The van der Waals surface area contributed by atoms with Crippen LogP contribution < -0.4 is 15.2 Å². The summed E-state index contributed by atoms with van der Waals surface area (Å²) in [6, 6.07) is 13.3. The largest absolute Gasteiger partial charge is 0.497 e. The van der Waals surface area contributed by atoms with Crippen molar-refractivity contribution >= 4 is 21.6 Å². The second-order valence-electron chi connectivity index (χ2n) is 3.82. The van der Waals surface area contributed by atoms with Crippen LogP contribution in [0.2, 0.25) is 0 Å². The third kappa shape index (κ3) is 3.17. The Labute approximate surface area is 115 Å². The highest BCUT2D eigenvalue weighted by Crippen LogP contribution is 2.26. The van der Waals surface area contributed by atoms with Crippen LogP contribution in [0.3, 0.4) is 0 Å². The van der Waals surface area contributed by atoms with Gasteiger partial charge >= 0.3 is 0 Å². The summed E-state index contributed by atoms with van der Waals surface area (Å²) < 4.78 is 11.7. The van der Waals surface area contributed by atoms with Gasteiger partial charge in [0, 0.05) is 4.47 Å². The molecule has 94 valence electrons. The van der Waals surface area contributed by atoms with E-state index in [4.69, 9.17) is 15.2 Å².